The molecule has 0 radical (unpaired) electrons. The first-order chi connectivity index (χ1) is 6.21. The maximum absolute atomic E-state index is 13.4. The third-order valence-electron chi connectivity index (χ3n) is 4.67. The summed E-state index contributed by atoms with van der Waals surface area (Å²) in [5, 5.41) is 0. The van der Waals surface area contributed by atoms with E-state index in [4.69, 9.17) is 0 Å². The Kier molecular flexibility index (Phi) is 1.44. The quantitative estimate of drug-likeness (QED) is 0.603. The molecule has 0 bridgehead atoms. The van der Waals surface area contributed by atoms with Gasteiger partial charge in [0, 0.05) is 17.6 Å². The fourth-order valence-electron chi connectivity index (χ4n) is 3.69. The van der Waals surface area contributed by atoms with Crippen LogP contribution in [0.5, 0.6) is 0 Å². The van der Waals surface area contributed by atoms with Gasteiger partial charge in [0.1, 0.15) is 6.17 Å². The molecule has 2 heteroatoms. The van der Waals surface area contributed by atoms with E-state index < -0.39 is 6.17 Å². The monoisotopic (exact) mass is 183 g/mol. The van der Waals surface area contributed by atoms with Gasteiger partial charge in [-0.2, -0.15) is 0 Å². The second-order valence-corrected chi connectivity index (χ2v) is 5.21. The van der Waals surface area contributed by atoms with Gasteiger partial charge in [0.2, 0.25) is 0 Å². The van der Waals surface area contributed by atoms with Crippen molar-refractivity contribution >= 4 is 0 Å². The molecule has 0 aromatic heterocycles. The van der Waals surface area contributed by atoms with Gasteiger partial charge in [0.15, 0.2) is 0 Å². The zero-order valence-electron chi connectivity index (χ0n) is 8.35. The largest absolute Gasteiger partial charge is 0.289 e. The average molecular weight is 183 g/mol. The van der Waals surface area contributed by atoms with Crippen LogP contribution in [0, 0.1) is 0 Å². The number of hydrogen-bond acceptors (Lipinski definition) is 1. The molecule has 0 aromatic rings. The molecular formula is C11H18FN. The summed E-state index contributed by atoms with van der Waals surface area (Å²) >= 11 is 0. The van der Waals surface area contributed by atoms with Crippen LogP contribution in [-0.2, 0) is 0 Å². The lowest BCUT2D eigenvalue weighted by Crippen LogP contribution is -2.42. The second-order valence-electron chi connectivity index (χ2n) is 5.21. The van der Waals surface area contributed by atoms with Gasteiger partial charge < -0.3 is 0 Å². The second kappa shape index (κ2) is 2.28. The van der Waals surface area contributed by atoms with E-state index >= 15 is 0 Å². The molecule has 74 valence electrons. The van der Waals surface area contributed by atoms with Crippen LogP contribution in [0.2, 0.25) is 0 Å². The van der Waals surface area contributed by atoms with E-state index in [1.165, 1.54) is 25.7 Å². The van der Waals surface area contributed by atoms with E-state index in [0.717, 1.165) is 19.4 Å². The molecule has 0 aromatic carbocycles. The van der Waals surface area contributed by atoms with Crippen LogP contribution in [-0.4, -0.2) is 28.7 Å². The third kappa shape index (κ3) is 0.903. The lowest BCUT2D eigenvalue weighted by molar-refractivity contribution is 0.132. The summed E-state index contributed by atoms with van der Waals surface area (Å²) in [6, 6.07) is 0. The highest BCUT2D eigenvalue weighted by atomic mass is 19.1. The number of fused-ring (bicyclic) bond motifs is 2. The lowest BCUT2D eigenvalue weighted by atomic mass is 9.91. The van der Waals surface area contributed by atoms with Crippen molar-refractivity contribution in [1.29, 1.82) is 0 Å². The van der Waals surface area contributed by atoms with Crippen LogP contribution < -0.4 is 0 Å². The summed E-state index contributed by atoms with van der Waals surface area (Å²) in [6.45, 7) is 2.96. The Morgan fingerprint density at radius 2 is 2.00 bits per heavy atom. The van der Waals surface area contributed by atoms with Crippen LogP contribution in [0.1, 0.15) is 45.4 Å². The predicted octanol–water partition coefficient (Wildman–Crippen LogP) is 2.51. The van der Waals surface area contributed by atoms with Gasteiger partial charge in [-0.15, -0.1) is 0 Å². The lowest BCUT2D eigenvalue weighted by Gasteiger charge is -2.33. The molecule has 3 aliphatic rings. The molecule has 0 N–H and O–H groups in total. The van der Waals surface area contributed by atoms with Gasteiger partial charge >= 0.3 is 0 Å². The first-order valence-electron chi connectivity index (χ1n) is 5.63. The summed E-state index contributed by atoms with van der Waals surface area (Å²) in [4.78, 5) is 2.53. The Morgan fingerprint density at radius 3 is 2.62 bits per heavy atom. The zero-order chi connectivity index (χ0) is 9.10. The van der Waals surface area contributed by atoms with E-state index in [1.54, 1.807) is 0 Å². The van der Waals surface area contributed by atoms with Gasteiger partial charge in [-0.05, 0) is 38.5 Å². The first-order valence-corrected chi connectivity index (χ1v) is 5.63. The Morgan fingerprint density at radius 1 is 1.31 bits per heavy atom. The summed E-state index contributed by atoms with van der Waals surface area (Å²) in [5.41, 5.74) is 0.757. The standard InChI is InChI=1S/C11H18FN/c1-2-10-3-4-11(5-6-11)13(10)8-9(12)7-10/h9H,2-8H2,1H3. The average Bonchev–Trinajstić information content (AvgIpc) is 2.75. The Hall–Kier alpha value is -0.110. The topological polar surface area (TPSA) is 3.24 Å². The zero-order valence-corrected chi connectivity index (χ0v) is 8.35. The van der Waals surface area contributed by atoms with Crippen molar-refractivity contribution in [3.8, 4) is 0 Å². The fraction of sp³-hybridized carbons (Fsp3) is 1.00. The molecule has 2 saturated heterocycles. The molecule has 0 amide bonds. The van der Waals surface area contributed by atoms with Crippen molar-refractivity contribution in [2.75, 3.05) is 6.54 Å². The summed E-state index contributed by atoms with van der Waals surface area (Å²) in [5.74, 6) is 0. The smallest absolute Gasteiger partial charge is 0.115 e. The van der Waals surface area contributed by atoms with Gasteiger partial charge in [-0.1, -0.05) is 6.92 Å². The van der Waals surface area contributed by atoms with Crippen LogP contribution in [0.15, 0.2) is 0 Å². The van der Waals surface area contributed by atoms with Crippen LogP contribution in [0.4, 0.5) is 4.39 Å². The Bertz CT molecular complexity index is 236. The van der Waals surface area contributed by atoms with E-state index in [2.05, 4.69) is 11.8 Å². The highest BCUT2D eigenvalue weighted by Crippen LogP contribution is 2.60. The molecule has 3 fully saturated rings. The molecule has 1 aliphatic carbocycles. The molecular weight excluding hydrogens is 165 g/mol. The van der Waals surface area contributed by atoms with E-state index in [-0.39, 0.29) is 5.54 Å². The van der Waals surface area contributed by atoms with Crippen molar-refractivity contribution in [3.05, 3.63) is 0 Å². The molecule has 2 aliphatic heterocycles. The highest BCUT2D eigenvalue weighted by Gasteiger charge is 2.63. The highest BCUT2D eigenvalue weighted by molar-refractivity contribution is 5.19. The van der Waals surface area contributed by atoms with Crippen molar-refractivity contribution in [2.45, 2.75) is 62.7 Å². The Labute approximate surface area is 79.3 Å². The maximum atomic E-state index is 13.4. The van der Waals surface area contributed by atoms with Gasteiger partial charge in [0.05, 0.1) is 0 Å². The van der Waals surface area contributed by atoms with E-state index in [0.29, 0.717) is 5.54 Å². The van der Waals surface area contributed by atoms with Crippen molar-refractivity contribution in [2.24, 2.45) is 0 Å². The molecule has 1 spiro atoms. The van der Waals surface area contributed by atoms with Gasteiger partial charge in [-0.25, -0.2) is 4.39 Å². The predicted molar refractivity (Wildman–Crippen MR) is 50.4 cm³/mol. The fourth-order valence-corrected chi connectivity index (χ4v) is 3.69. The molecule has 1 saturated carbocycles. The molecule has 3 rings (SSSR count). The van der Waals surface area contributed by atoms with Crippen LogP contribution in [0.3, 0.4) is 0 Å². The maximum Gasteiger partial charge on any atom is 0.115 e. The van der Waals surface area contributed by atoms with Crippen LogP contribution >= 0.6 is 0 Å². The molecule has 2 heterocycles. The normalized spacial score (nSPS) is 47.1. The molecule has 2 atom stereocenters. The minimum Gasteiger partial charge on any atom is -0.289 e. The van der Waals surface area contributed by atoms with Crippen molar-refractivity contribution < 1.29 is 4.39 Å². The van der Waals surface area contributed by atoms with E-state index in [9.17, 15) is 4.39 Å². The molecule has 1 nitrogen and oxygen atoms in total. The number of hydrogen-bond donors (Lipinski definition) is 0. The molecule has 2 unspecified atom stereocenters. The number of rotatable bonds is 1. The molecule has 13 heavy (non-hydrogen) atoms. The van der Waals surface area contributed by atoms with E-state index in [1.807, 2.05) is 0 Å². The SMILES string of the molecule is CCC12CCC3(CC3)N1CC(F)C2. The summed E-state index contributed by atoms with van der Waals surface area (Å²) in [6.07, 6.45) is 6.68. The van der Waals surface area contributed by atoms with Crippen molar-refractivity contribution in [3.63, 3.8) is 0 Å². The third-order valence-corrected chi connectivity index (χ3v) is 4.67. The van der Waals surface area contributed by atoms with Gasteiger partial charge in [-0.3, -0.25) is 4.90 Å². The number of halogens is 1. The van der Waals surface area contributed by atoms with Gasteiger partial charge in [0.25, 0.3) is 0 Å². The summed E-state index contributed by atoms with van der Waals surface area (Å²) in [7, 11) is 0. The van der Waals surface area contributed by atoms with Crippen LogP contribution in [0.25, 0.3) is 0 Å². The number of alkyl halides is 1. The minimum atomic E-state index is -0.544. The first kappa shape index (κ1) is 8.22. The summed E-state index contributed by atoms with van der Waals surface area (Å²) < 4.78 is 13.4. The van der Waals surface area contributed by atoms with Crippen molar-refractivity contribution in [1.82, 2.24) is 4.90 Å². The Balaban J connectivity index is 1.93. The number of nitrogens with zero attached hydrogens (tertiary/aromatic N) is 1. The minimum absolute atomic E-state index is 0.274.